The summed E-state index contributed by atoms with van der Waals surface area (Å²) in [4.78, 5) is 14.9. The van der Waals surface area contributed by atoms with Crippen molar-refractivity contribution < 1.29 is 4.79 Å². The fourth-order valence-electron chi connectivity index (χ4n) is 3.20. The van der Waals surface area contributed by atoms with Gasteiger partial charge in [0.2, 0.25) is 0 Å². The van der Waals surface area contributed by atoms with E-state index >= 15 is 0 Å². The molecule has 3 aromatic rings. The number of hydrogen-bond donors (Lipinski definition) is 1. The van der Waals surface area contributed by atoms with Gasteiger partial charge in [-0.15, -0.1) is 0 Å². The second kappa shape index (κ2) is 8.76. The number of carbonyl (C=O) groups excluding carboxylic acids is 1. The van der Waals surface area contributed by atoms with Crippen molar-refractivity contribution in [2.24, 2.45) is 0 Å². The number of aryl methyl sites for hydroxylation is 2. The number of nitrogens with one attached hydrogen (secondary N) is 1. The van der Waals surface area contributed by atoms with Crippen molar-refractivity contribution >= 4 is 5.91 Å². The van der Waals surface area contributed by atoms with Crippen molar-refractivity contribution in [3.8, 4) is 11.3 Å². The monoisotopic (exact) mass is 374 g/mol. The van der Waals surface area contributed by atoms with Crippen LogP contribution in [-0.4, -0.2) is 41.6 Å². The Kier molecular flexibility index (Phi) is 6.16. The molecule has 1 amide bonds. The van der Waals surface area contributed by atoms with Crippen molar-refractivity contribution in [3.05, 3.63) is 83.0 Å². The standard InChI is InChI=1S/C23H26N4O/c1-16-8-5-6-11-20(16)22(27(3)4)15-24-23(28)19-10-7-9-18(14-19)21-13-12-17(2)25-26-21/h5-14,22H,15H2,1-4H3,(H,24,28)/t22-/m0/s1. The maximum atomic E-state index is 12.8. The molecule has 2 aromatic carbocycles. The lowest BCUT2D eigenvalue weighted by molar-refractivity contribution is 0.0942. The first-order valence-corrected chi connectivity index (χ1v) is 9.36. The molecule has 28 heavy (non-hydrogen) atoms. The van der Waals surface area contributed by atoms with Gasteiger partial charge in [0.15, 0.2) is 0 Å². The highest BCUT2D eigenvalue weighted by molar-refractivity contribution is 5.95. The molecule has 5 nitrogen and oxygen atoms in total. The van der Waals surface area contributed by atoms with Crippen molar-refractivity contribution in [1.29, 1.82) is 0 Å². The fourth-order valence-corrected chi connectivity index (χ4v) is 3.20. The Hall–Kier alpha value is -3.05. The van der Waals surface area contributed by atoms with Crippen LogP contribution in [0.4, 0.5) is 0 Å². The molecule has 0 saturated heterocycles. The van der Waals surface area contributed by atoms with E-state index in [1.165, 1.54) is 11.1 Å². The van der Waals surface area contributed by atoms with Crippen molar-refractivity contribution in [3.63, 3.8) is 0 Å². The summed E-state index contributed by atoms with van der Waals surface area (Å²) in [5.74, 6) is -0.0950. The van der Waals surface area contributed by atoms with Gasteiger partial charge in [0.1, 0.15) is 0 Å². The lowest BCUT2D eigenvalue weighted by Gasteiger charge is -2.26. The summed E-state index contributed by atoms with van der Waals surface area (Å²) in [6.07, 6.45) is 0. The van der Waals surface area contributed by atoms with Crippen LogP contribution in [0.15, 0.2) is 60.7 Å². The summed E-state index contributed by atoms with van der Waals surface area (Å²) in [5, 5.41) is 11.4. The molecule has 1 aromatic heterocycles. The van der Waals surface area contributed by atoms with Crippen LogP contribution >= 0.6 is 0 Å². The van der Waals surface area contributed by atoms with Crippen LogP contribution in [0.1, 0.15) is 33.2 Å². The van der Waals surface area contributed by atoms with Crippen LogP contribution in [-0.2, 0) is 0 Å². The summed E-state index contributed by atoms with van der Waals surface area (Å²) in [6, 6.07) is 19.7. The zero-order chi connectivity index (χ0) is 20.1. The summed E-state index contributed by atoms with van der Waals surface area (Å²) >= 11 is 0. The van der Waals surface area contributed by atoms with Gasteiger partial charge in [-0.3, -0.25) is 4.79 Å². The number of nitrogens with zero attached hydrogens (tertiary/aromatic N) is 3. The number of carbonyl (C=O) groups is 1. The molecule has 5 heteroatoms. The Labute approximate surface area is 166 Å². The number of amides is 1. The molecule has 1 heterocycles. The van der Waals surface area contributed by atoms with Crippen LogP contribution in [0.5, 0.6) is 0 Å². The van der Waals surface area contributed by atoms with Crippen molar-refractivity contribution in [2.75, 3.05) is 20.6 Å². The first-order valence-electron chi connectivity index (χ1n) is 9.36. The van der Waals surface area contributed by atoms with Crippen LogP contribution in [0, 0.1) is 13.8 Å². The molecule has 0 aliphatic carbocycles. The molecule has 0 aliphatic heterocycles. The molecule has 0 bridgehead atoms. The SMILES string of the molecule is Cc1ccc(-c2cccc(C(=O)NC[C@@H](c3ccccc3C)N(C)C)c2)nn1. The third-order valence-corrected chi connectivity index (χ3v) is 4.85. The molecule has 1 atom stereocenters. The summed E-state index contributed by atoms with van der Waals surface area (Å²) in [5.41, 5.74) is 5.55. The van der Waals surface area contributed by atoms with Gasteiger partial charge in [0.05, 0.1) is 17.4 Å². The van der Waals surface area contributed by atoms with Gasteiger partial charge < -0.3 is 10.2 Å². The third-order valence-electron chi connectivity index (χ3n) is 4.85. The highest BCUT2D eigenvalue weighted by Crippen LogP contribution is 2.22. The highest BCUT2D eigenvalue weighted by Gasteiger charge is 2.17. The molecule has 0 aliphatic rings. The van der Waals surface area contributed by atoms with E-state index in [2.05, 4.69) is 39.5 Å². The minimum absolute atomic E-state index is 0.0950. The minimum atomic E-state index is -0.0950. The van der Waals surface area contributed by atoms with Gasteiger partial charge in [-0.05, 0) is 63.3 Å². The first kappa shape index (κ1) is 19.7. The van der Waals surface area contributed by atoms with E-state index in [0.717, 1.165) is 17.0 Å². The summed E-state index contributed by atoms with van der Waals surface area (Å²) in [6.45, 7) is 4.53. The zero-order valence-electron chi connectivity index (χ0n) is 16.8. The Bertz CT molecular complexity index is 951. The van der Waals surface area contributed by atoms with E-state index in [4.69, 9.17) is 0 Å². The van der Waals surface area contributed by atoms with Crippen molar-refractivity contribution in [2.45, 2.75) is 19.9 Å². The second-order valence-electron chi connectivity index (χ2n) is 7.19. The summed E-state index contributed by atoms with van der Waals surface area (Å²) < 4.78 is 0. The molecule has 0 unspecified atom stereocenters. The number of aromatic nitrogens is 2. The van der Waals surface area contributed by atoms with Crippen LogP contribution < -0.4 is 5.32 Å². The average molecular weight is 374 g/mol. The topological polar surface area (TPSA) is 58.1 Å². The van der Waals surface area contributed by atoms with E-state index in [1.54, 1.807) is 0 Å². The normalized spacial score (nSPS) is 12.0. The van der Waals surface area contributed by atoms with Crippen molar-refractivity contribution in [1.82, 2.24) is 20.4 Å². The second-order valence-corrected chi connectivity index (χ2v) is 7.19. The van der Waals surface area contributed by atoms with E-state index < -0.39 is 0 Å². The van der Waals surface area contributed by atoms with E-state index in [0.29, 0.717) is 12.1 Å². The number of hydrogen-bond acceptors (Lipinski definition) is 4. The fraction of sp³-hybridized carbons (Fsp3) is 0.261. The molecule has 144 valence electrons. The van der Waals surface area contributed by atoms with Crippen LogP contribution in [0.2, 0.25) is 0 Å². The average Bonchev–Trinajstić information content (AvgIpc) is 2.69. The maximum absolute atomic E-state index is 12.8. The molecule has 1 N–H and O–H groups in total. The Morgan fingerprint density at radius 1 is 1.00 bits per heavy atom. The van der Waals surface area contributed by atoms with E-state index in [1.807, 2.05) is 69.6 Å². The maximum Gasteiger partial charge on any atom is 0.251 e. The minimum Gasteiger partial charge on any atom is -0.350 e. The Balaban J connectivity index is 1.74. The van der Waals surface area contributed by atoms with Gasteiger partial charge in [-0.2, -0.15) is 10.2 Å². The van der Waals surface area contributed by atoms with Gasteiger partial charge in [0.25, 0.3) is 5.91 Å². The van der Waals surface area contributed by atoms with E-state index in [-0.39, 0.29) is 11.9 Å². The van der Waals surface area contributed by atoms with Gasteiger partial charge in [-0.25, -0.2) is 0 Å². The summed E-state index contributed by atoms with van der Waals surface area (Å²) in [7, 11) is 4.06. The largest absolute Gasteiger partial charge is 0.350 e. The molecule has 0 radical (unpaired) electrons. The lowest BCUT2D eigenvalue weighted by Crippen LogP contribution is -2.34. The molecule has 0 spiro atoms. The molecule has 3 rings (SSSR count). The number of rotatable bonds is 6. The predicted molar refractivity (Wildman–Crippen MR) is 112 cm³/mol. The predicted octanol–water partition coefficient (Wildman–Crippen LogP) is 3.79. The lowest BCUT2D eigenvalue weighted by atomic mass is 10.00. The third kappa shape index (κ3) is 4.61. The van der Waals surface area contributed by atoms with Crippen LogP contribution in [0.25, 0.3) is 11.3 Å². The number of benzene rings is 2. The molecule has 0 fully saturated rings. The molecule has 0 saturated carbocycles. The van der Waals surface area contributed by atoms with Gasteiger partial charge >= 0.3 is 0 Å². The molecular formula is C23H26N4O. The van der Waals surface area contributed by atoms with Crippen LogP contribution in [0.3, 0.4) is 0 Å². The Morgan fingerprint density at radius 2 is 1.79 bits per heavy atom. The molecular weight excluding hydrogens is 348 g/mol. The van der Waals surface area contributed by atoms with Gasteiger partial charge in [0, 0.05) is 17.7 Å². The smallest absolute Gasteiger partial charge is 0.251 e. The van der Waals surface area contributed by atoms with Gasteiger partial charge in [-0.1, -0.05) is 36.4 Å². The number of likely N-dealkylation sites (N-methyl/N-ethyl adjacent to an activating group) is 1. The highest BCUT2D eigenvalue weighted by atomic mass is 16.1. The zero-order valence-corrected chi connectivity index (χ0v) is 16.8. The first-order chi connectivity index (χ1) is 13.5. The quantitative estimate of drug-likeness (QED) is 0.713. The van der Waals surface area contributed by atoms with E-state index in [9.17, 15) is 4.79 Å². The Morgan fingerprint density at radius 3 is 2.46 bits per heavy atom.